The minimum Gasteiger partial charge on any atom is -0.336 e. The molecule has 0 spiro atoms. The number of hydrogen-bond acceptors (Lipinski definition) is 3. The van der Waals surface area contributed by atoms with Crippen LogP contribution < -0.4 is 10.6 Å². The number of aryl methyl sites for hydroxylation is 1. The van der Waals surface area contributed by atoms with E-state index >= 15 is 0 Å². The molecule has 1 aliphatic carbocycles. The van der Waals surface area contributed by atoms with Gasteiger partial charge in [0.05, 0.1) is 0 Å². The molecule has 3 rings (SSSR count). The van der Waals surface area contributed by atoms with E-state index in [1.807, 2.05) is 24.4 Å². The van der Waals surface area contributed by atoms with Crippen LogP contribution in [-0.2, 0) is 0 Å². The third-order valence-electron chi connectivity index (χ3n) is 4.71. The van der Waals surface area contributed by atoms with Crippen LogP contribution in [0.3, 0.4) is 0 Å². The van der Waals surface area contributed by atoms with Crippen LogP contribution in [0.4, 0.5) is 5.69 Å². The van der Waals surface area contributed by atoms with Gasteiger partial charge in [-0.25, -0.2) is 0 Å². The lowest BCUT2D eigenvalue weighted by Crippen LogP contribution is -2.61. The van der Waals surface area contributed by atoms with Crippen molar-refractivity contribution >= 4 is 11.6 Å². The highest BCUT2D eigenvalue weighted by Crippen LogP contribution is 2.26. The molecule has 1 aromatic carbocycles. The lowest BCUT2D eigenvalue weighted by atomic mass is 9.88. The van der Waals surface area contributed by atoms with Crippen molar-refractivity contribution in [3.8, 4) is 6.19 Å². The number of nitriles is 1. The molecule has 0 aromatic heterocycles. The molecule has 2 N–H and O–H groups in total. The molecule has 1 saturated carbocycles. The monoisotopic (exact) mass is 297 g/mol. The SMILES string of the molecule is Cc1ccccc1N/C(=N/C#N)N1CCN[C@H]2CCCC[C@H]21. The highest BCUT2D eigenvalue weighted by atomic mass is 15.3. The number of anilines is 1. The van der Waals surface area contributed by atoms with Crippen molar-refractivity contribution in [1.29, 1.82) is 5.26 Å². The number of benzene rings is 1. The summed E-state index contributed by atoms with van der Waals surface area (Å²) in [5.74, 6) is 0.690. The van der Waals surface area contributed by atoms with Gasteiger partial charge in [-0.3, -0.25) is 0 Å². The van der Waals surface area contributed by atoms with Gasteiger partial charge in [-0.1, -0.05) is 31.0 Å². The fourth-order valence-electron chi connectivity index (χ4n) is 3.57. The maximum atomic E-state index is 9.09. The van der Waals surface area contributed by atoms with E-state index in [-0.39, 0.29) is 0 Å². The van der Waals surface area contributed by atoms with E-state index in [1.54, 1.807) is 0 Å². The second-order valence-electron chi connectivity index (χ2n) is 6.08. The molecule has 0 amide bonds. The zero-order valence-electron chi connectivity index (χ0n) is 13.0. The third-order valence-corrected chi connectivity index (χ3v) is 4.71. The molecule has 116 valence electrons. The van der Waals surface area contributed by atoms with Gasteiger partial charge < -0.3 is 15.5 Å². The summed E-state index contributed by atoms with van der Waals surface area (Å²) in [6.45, 7) is 3.90. The van der Waals surface area contributed by atoms with Crippen LogP contribution in [0.2, 0.25) is 0 Å². The predicted molar refractivity (Wildman–Crippen MR) is 88.6 cm³/mol. The predicted octanol–water partition coefficient (Wildman–Crippen LogP) is 2.46. The van der Waals surface area contributed by atoms with E-state index in [4.69, 9.17) is 5.26 Å². The highest BCUT2D eigenvalue weighted by Gasteiger charge is 2.34. The van der Waals surface area contributed by atoms with E-state index in [0.717, 1.165) is 30.8 Å². The van der Waals surface area contributed by atoms with Crippen LogP contribution in [0, 0.1) is 18.4 Å². The second-order valence-corrected chi connectivity index (χ2v) is 6.08. The Hall–Kier alpha value is -2.06. The van der Waals surface area contributed by atoms with Crippen molar-refractivity contribution in [2.45, 2.75) is 44.7 Å². The summed E-state index contributed by atoms with van der Waals surface area (Å²) in [6, 6.07) is 9.07. The van der Waals surface area contributed by atoms with E-state index in [1.165, 1.54) is 19.3 Å². The Morgan fingerprint density at radius 1 is 1.36 bits per heavy atom. The fraction of sp³-hybridized carbons (Fsp3) is 0.529. The van der Waals surface area contributed by atoms with Crippen LogP contribution >= 0.6 is 0 Å². The molecular weight excluding hydrogens is 274 g/mol. The van der Waals surface area contributed by atoms with E-state index in [2.05, 4.69) is 33.5 Å². The number of aliphatic imine (C=N–C) groups is 1. The second kappa shape index (κ2) is 6.80. The van der Waals surface area contributed by atoms with Crippen LogP contribution in [0.15, 0.2) is 29.3 Å². The Balaban J connectivity index is 1.83. The van der Waals surface area contributed by atoms with Crippen molar-refractivity contribution in [2.24, 2.45) is 4.99 Å². The summed E-state index contributed by atoms with van der Waals surface area (Å²) in [4.78, 5) is 6.37. The van der Waals surface area contributed by atoms with Gasteiger partial charge in [0.25, 0.3) is 0 Å². The number of fused-ring (bicyclic) bond motifs is 1. The summed E-state index contributed by atoms with van der Waals surface area (Å²) >= 11 is 0. The molecular formula is C17H23N5. The minimum absolute atomic E-state index is 0.436. The molecule has 1 aliphatic heterocycles. The molecule has 5 heteroatoms. The number of nitrogens with one attached hydrogen (secondary N) is 2. The smallest absolute Gasteiger partial charge is 0.214 e. The Kier molecular flexibility index (Phi) is 4.59. The van der Waals surface area contributed by atoms with Crippen LogP contribution in [0.1, 0.15) is 31.2 Å². The van der Waals surface area contributed by atoms with Gasteiger partial charge in [-0.15, -0.1) is 4.99 Å². The number of guanidine groups is 1. The molecule has 5 nitrogen and oxygen atoms in total. The molecule has 2 fully saturated rings. The molecule has 1 saturated heterocycles. The van der Waals surface area contributed by atoms with E-state index < -0.39 is 0 Å². The first-order chi connectivity index (χ1) is 10.8. The maximum Gasteiger partial charge on any atom is 0.214 e. The van der Waals surface area contributed by atoms with Gasteiger partial charge >= 0.3 is 0 Å². The van der Waals surface area contributed by atoms with E-state index in [0.29, 0.717) is 18.0 Å². The summed E-state index contributed by atoms with van der Waals surface area (Å²) in [7, 11) is 0. The number of hydrogen-bond donors (Lipinski definition) is 2. The lowest BCUT2D eigenvalue weighted by Gasteiger charge is -2.45. The first kappa shape index (κ1) is 14.9. The van der Waals surface area contributed by atoms with Gasteiger partial charge in [0.1, 0.15) is 0 Å². The summed E-state index contributed by atoms with van der Waals surface area (Å²) in [5, 5.41) is 16.1. The van der Waals surface area contributed by atoms with Gasteiger partial charge in [-0.05, 0) is 31.4 Å². The van der Waals surface area contributed by atoms with Crippen molar-refractivity contribution in [3.05, 3.63) is 29.8 Å². The van der Waals surface area contributed by atoms with Gasteiger partial charge in [0, 0.05) is 30.9 Å². The van der Waals surface area contributed by atoms with Crippen LogP contribution in [-0.4, -0.2) is 36.0 Å². The Morgan fingerprint density at radius 3 is 3.00 bits per heavy atom. The summed E-state index contributed by atoms with van der Waals surface area (Å²) < 4.78 is 0. The number of nitrogens with zero attached hydrogens (tertiary/aromatic N) is 3. The zero-order chi connectivity index (χ0) is 15.4. The van der Waals surface area contributed by atoms with Crippen molar-refractivity contribution in [3.63, 3.8) is 0 Å². The molecule has 0 radical (unpaired) electrons. The first-order valence-corrected chi connectivity index (χ1v) is 8.09. The fourth-order valence-corrected chi connectivity index (χ4v) is 3.57. The standard InChI is InChI=1S/C17H23N5/c1-13-6-2-3-7-14(13)21-17(20-12-18)22-11-10-19-15-8-4-5-9-16(15)22/h2-3,6-7,15-16,19H,4-5,8-11H2,1H3,(H,20,21)/t15-,16+/m0/s1. The topological polar surface area (TPSA) is 63.5 Å². The molecule has 2 aliphatic rings. The maximum absolute atomic E-state index is 9.09. The van der Waals surface area contributed by atoms with Gasteiger partial charge in [0.2, 0.25) is 12.2 Å². The normalized spacial score (nSPS) is 25.3. The first-order valence-electron chi connectivity index (χ1n) is 8.09. The number of piperazine rings is 1. The minimum atomic E-state index is 0.436. The van der Waals surface area contributed by atoms with Crippen LogP contribution in [0.5, 0.6) is 0 Å². The van der Waals surface area contributed by atoms with Gasteiger partial charge in [0.15, 0.2) is 0 Å². The van der Waals surface area contributed by atoms with Crippen molar-refractivity contribution < 1.29 is 0 Å². The molecule has 1 heterocycles. The summed E-state index contributed by atoms with van der Waals surface area (Å²) in [5.41, 5.74) is 2.17. The van der Waals surface area contributed by atoms with E-state index in [9.17, 15) is 0 Å². The Morgan fingerprint density at radius 2 is 2.18 bits per heavy atom. The van der Waals surface area contributed by atoms with Crippen molar-refractivity contribution in [1.82, 2.24) is 10.2 Å². The third kappa shape index (κ3) is 3.07. The highest BCUT2D eigenvalue weighted by molar-refractivity contribution is 5.95. The Labute approximate surface area is 132 Å². The average molecular weight is 297 g/mol. The van der Waals surface area contributed by atoms with Crippen molar-refractivity contribution in [2.75, 3.05) is 18.4 Å². The molecule has 1 aromatic rings. The zero-order valence-corrected chi connectivity index (χ0v) is 13.0. The van der Waals surface area contributed by atoms with Gasteiger partial charge in [-0.2, -0.15) is 5.26 Å². The number of para-hydroxylation sites is 1. The molecule has 0 unspecified atom stereocenters. The lowest BCUT2D eigenvalue weighted by molar-refractivity contribution is 0.152. The molecule has 2 atom stereocenters. The van der Waals surface area contributed by atoms with Crippen LogP contribution in [0.25, 0.3) is 0 Å². The number of rotatable bonds is 1. The average Bonchev–Trinajstić information content (AvgIpc) is 2.56. The molecule has 22 heavy (non-hydrogen) atoms. The quantitative estimate of drug-likeness (QED) is 0.475. The Bertz CT molecular complexity index is 587. The largest absolute Gasteiger partial charge is 0.336 e. The molecule has 0 bridgehead atoms. The summed E-state index contributed by atoms with van der Waals surface area (Å²) in [6.07, 6.45) is 6.88.